The van der Waals surface area contributed by atoms with Crippen LogP contribution < -0.4 is 16.6 Å². The van der Waals surface area contributed by atoms with Crippen molar-refractivity contribution in [3.8, 4) is 0 Å². The Morgan fingerprint density at radius 3 is 2.71 bits per heavy atom. The molecule has 17 heavy (non-hydrogen) atoms. The van der Waals surface area contributed by atoms with Crippen LogP contribution in [-0.4, -0.2) is 10.1 Å². The number of aromatic nitrogens is 1. The van der Waals surface area contributed by atoms with Crippen LogP contribution in [-0.2, 0) is 5.54 Å². The van der Waals surface area contributed by atoms with Crippen molar-refractivity contribution < 1.29 is 0 Å². The van der Waals surface area contributed by atoms with Gasteiger partial charge in [-0.05, 0) is 37.2 Å². The Hall–Kier alpha value is -1.20. The minimum Gasteiger partial charge on any atom is -0.351 e. The van der Waals surface area contributed by atoms with E-state index in [9.17, 15) is 0 Å². The van der Waals surface area contributed by atoms with E-state index in [1.165, 1.54) is 0 Å². The predicted octanol–water partition coefficient (Wildman–Crippen LogP) is 1.82. The molecule has 1 atom stereocenters. The molecule has 0 aromatic carbocycles. The van der Waals surface area contributed by atoms with Gasteiger partial charge in [-0.15, -0.1) is 0 Å². The predicted molar refractivity (Wildman–Crippen MR) is 74.2 cm³/mol. The molecule has 94 valence electrons. The van der Waals surface area contributed by atoms with Crippen LogP contribution in [0.3, 0.4) is 0 Å². The maximum atomic E-state index is 5.33. The molecule has 0 saturated heterocycles. The van der Waals surface area contributed by atoms with Gasteiger partial charge in [0.2, 0.25) is 0 Å². The van der Waals surface area contributed by atoms with Crippen LogP contribution in [0.1, 0.15) is 38.8 Å². The van der Waals surface area contributed by atoms with Crippen LogP contribution in [0.5, 0.6) is 0 Å². The van der Waals surface area contributed by atoms with E-state index in [-0.39, 0.29) is 5.54 Å². The molecule has 5 heteroatoms. The Labute approximate surface area is 108 Å². The lowest BCUT2D eigenvalue weighted by molar-refractivity contribution is 0.333. The van der Waals surface area contributed by atoms with Crippen molar-refractivity contribution >= 4 is 17.3 Å². The fourth-order valence-corrected chi connectivity index (χ4v) is 2.22. The number of hydrogen-bond donors (Lipinski definition) is 3. The van der Waals surface area contributed by atoms with Gasteiger partial charge in [-0.1, -0.05) is 26.3 Å². The molecule has 1 rings (SSSR count). The topological polar surface area (TPSA) is 63.0 Å². The molecule has 1 unspecified atom stereocenters. The molecular formula is C12H20N4S. The summed E-state index contributed by atoms with van der Waals surface area (Å²) in [4.78, 5) is 4.44. The van der Waals surface area contributed by atoms with Gasteiger partial charge in [0.05, 0.1) is 11.2 Å². The summed E-state index contributed by atoms with van der Waals surface area (Å²) in [6.07, 6.45) is 4.71. The van der Waals surface area contributed by atoms with E-state index in [0.29, 0.717) is 5.11 Å². The molecular weight excluding hydrogens is 232 g/mol. The first-order valence-electron chi connectivity index (χ1n) is 5.88. The molecule has 0 saturated carbocycles. The van der Waals surface area contributed by atoms with E-state index in [1.54, 1.807) is 6.20 Å². The molecule has 0 fully saturated rings. The third-order valence-electron chi connectivity index (χ3n) is 2.92. The quantitative estimate of drug-likeness (QED) is 0.424. The highest BCUT2D eigenvalue weighted by molar-refractivity contribution is 7.80. The second kappa shape index (κ2) is 6.51. The van der Waals surface area contributed by atoms with E-state index in [4.69, 9.17) is 18.1 Å². The Morgan fingerprint density at radius 2 is 2.24 bits per heavy atom. The van der Waals surface area contributed by atoms with Gasteiger partial charge < -0.3 is 10.7 Å². The van der Waals surface area contributed by atoms with E-state index < -0.39 is 0 Å². The highest BCUT2D eigenvalue weighted by atomic mass is 32.1. The zero-order chi connectivity index (χ0) is 12.7. The van der Waals surface area contributed by atoms with Crippen molar-refractivity contribution in [2.75, 3.05) is 0 Å². The SMILES string of the molecule is CCCC(CC)(NC(=S)NN)c1ccccn1. The minimum atomic E-state index is -0.237. The van der Waals surface area contributed by atoms with E-state index in [2.05, 4.69) is 29.6 Å². The Balaban J connectivity index is 3.04. The summed E-state index contributed by atoms with van der Waals surface area (Å²) < 4.78 is 0. The summed E-state index contributed by atoms with van der Waals surface area (Å²) >= 11 is 5.11. The largest absolute Gasteiger partial charge is 0.351 e. The smallest absolute Gasteiger partial charge is 0.181 e. The normalized spacial score (nSPS) is 13.8. The maximum absolute atomic E-state index is 5.33. The molecule has 1 heterocycles. The fourth-order valence-electron chi connectivity index (χ4n) is 2.03. The molecule has 4 N–H and O–H groups in total. The lowest BCUT2D eigenvalue weighted by Crippen LogP contribution is -2.51. The van der Waals surface area contributed by atoms with E-state index in [0.717, 1.165) is 25.0 Å². The van der Waals surface area contributed by atoms with Crippen molar-refractivity contribution in [3.05, 3.63) is 30.1 Å². The van der Waals surface area contributed by atoms with Crippen LogP contribution in [0.4, 0.5) is 0 Å². The Kier molecular flexibility index (Phi) is 5.31. The van der Waals surface area contributed by atoms with Crippen molar-refractivity contribution in [2.24, 2.45) is 5.84 Å². The standard InChI is InChI=1S/C12H20N4S/c1-3-8-12(4-2,15-11(17)16-13)10-7-5-6-9-14-10/h5-7,9H,3-4,8,13H2,1-2H3,(H2,15,16,17). The first-order valence-corrected chi connectivity index (χ1v) is 6.29. The molecule has 0 spiro atoms. The van der Waals surface area contributed by atoms with Gasteiger partial charge in [0.25, 0.3) is 0 Å². The lowest BCUT2D eigenvalue weighted by atomic mass is 9.86. The number of nitrogens with two attached hydrogens (primary N) is 1. The highest BCUT2D eigenvalue weighted by Gasteiger charge is 2.31. The van der Waals surface area contributed by atoms with Gasteiger partial charge >= 0.3 is 0 Å². The Bertz CT molecular complexity index is 355. The summed E-state index contributed by atoms with van der Waals surface area (Å²) in [5.74, 6) is 5.33. The van der Waals surface area contributed by atoms with Gasteiger partial charge in [-0.3, -0.25) is 4.98 Å². The van der Waals surface area contributed by atoms with Crippen molar-refractivity contribution in [1.82, 2.24) is 15.7 Å². The molecule has 0 amide bonds. The highest BCUT2D eigenvalue weighted by Crippen LogP contribution is 2.28. The second-order valence-corrected chi connectivity index (χ2v) is 4.41. The Morgan fingerprint density at radius 1 is 1.47 bits per heavy atom. The lowest BCUT2D eigenvalue weighted by Gasteiger charge is -2.34. The number of nitrogens with one attached hydrogen (secondary N) is 2. The molecule has 0 bridgehead atoms. The number of hydrogen-bond acceptors (Lipinski definition) is 3. The third-order valence-corrected chi connectivity index (χ3v) is 3.14. The van der Waals surface area contributed by atoms with Gasteiger partial charge in [-0.25, -0.2) is 5.84 Å². The molecule has 0 aliphatic rings. The summed E-state index contributed by atoms with van der Waals surface area (Å²) in [7, 11) is 0. The van der Waals surface area contributed by atoms with Crippen LogP contribution >= 0.6 is 12.2 Å². The van der Waals surface area contributed by atoms with Crippen LogP contribution in [0.15, 0.2) is 24.4 Å². The molecule has 0 aliphatic carbocycles. The molecule has 0 radical (unpaired) electrons. The molecule has 1 aromatic heterocycles. The monoisotopic (exact) mass is 252 g/mol. The second-order valence-electron chi connectivity index (χ2n) is 4.00. The third kappa shape index (κ3) is 3.38. The number of thiocarbonyl (C=S) groups is 1. The first-order chi connectivity index (χ1) is 8.18. The fraction of sp³-hybridized carbons (Fsp3) is 0.500. The van der Waals surface area contributed by atoms with Gasteiger partial charge in [0.15, 0.2) is 5.11 Å². The first kappa shape index (κ1) is 13.9. The maximum Gasteiger partial charge on any atom is 0.181 e. The number of hydrazine groups is 1. The number of rotatable bonds is 5. The average molecular weight is 252 g/mol. The molecule has 0 aliphatic heterocycles. The van der Waals surface area contributed by atoms with Gasteiger partial charge in [0.1, 0.15) is 0 Å². The minimum absolute atomic E-state index is 0.237. The zero-order valence-corrected chi connectivity index (χ0v) is 11.2. The van der Waals surface area contributed by atoms with Gasteiger partial charge in [-0.2, -0.15) is 0 Å². The van der Waals surface area contributed by atoms with Crippen LogP contribution in [0.2, 0.25) is 0 Å². The van der Waals surface area contributed by atoms with Crippen molar-refractivity contribution in [3.63, 3.8) is 0 Å². The summed E-state index contributed by atoms with van der Waals surface area (Å²) in [5, 5.41) is 3.73. The zero-order valence-electron chi connectivity index (χ0n) is 10.4. The van der Waals surface area contributed by atoms with Gasteiger partial charge in [0, 0.05) is 6.20 Å². The molecule has 1 aromatic rings. The summed E-state index contributed by atoms with van der Waals surface area (Å²) in [6.45, 7) is 4.27. The van der Waals surface area contributed by atoms with E-state index >= 15 is 0 Å². The van der Waals surface area contributed by atoms with Crippen molar-refractivity contribution in [2.45, 2.75) is 38.6 Å². The number of nitrogens with zero attached hydrogens (tertiary/aromatic N) is 1. The molecule has 4 nitrogen and oxygen atoms in total. The van der Waals surface area contributed by atoms with E-state index in [1.807, 2.05) is 18.2 Å². The average Bonchev–Trinajstić information content (AvgIpc) is 2.39. The summed E-state index contributed by atoms with van der Waals surface area (Å²) in [6, 6.07) is 5.92. The van der Waals surface area contributed by atoms with Crippen LogP contribution in [0, 0.1) is 0 Å². The van der Waals surface area contributed by atoms with Crippen LogP contribution in [0.25, 0.3) is 0 Å². The van der Waals surface area contributed by atoms with Crippen molar-refractivity contribution in [1.29, 1.82) is 0 Å². The summed E-state index contributed by atoms with van der Waals surface area (Å²) in [5.41, 5.74) is 3.24. The number of pyridine rings is 1.